The third kappa shape index (κ3) is 4.88. The molecule has 2 heteroatoms. The minimum Gasteiger partial charge on any atom is -0.196 e. The van der Waals surface area contributed by atoms with Crippen LogP contribution >= 0.6 is 0 Å². The summed E-state index contributed by atoms with van der Waals surface area (Å²) in [4.78, 5) is 0. The summed E-state index contributed by atoms with van der Waals surface area (Å²) >= 11 is 0. The summed E-state index contributed by atoms with van der Waals surface area (Å²) in [6, 6.07) is 86.6. The number of aryl methyl sites for hydroxylation is 1. The molecule has 8 atom stereocenters. The molecule has 0 bridgehead atoms. The second-order valence-electron chi connectivity index (χ2n) is 45.4. The molecule has 0 aliphatic heterocycles. The van der Waals surface area contributed by atoms with Gasteiger partial charge in [0.25, 0.3) is 0 Å². The van der Waals surface area contributed by atoms with Gasteiger partial charge >= 0.3 is 39.0 Å². The average molecular weight is 1870 g/mol. The molecule has 0 fully saturated rings. The number of hydrogen-bond donors (Lipinski definition) is 0. The molecule has 616 valence electrons. The van der Waals surface area contributed by atoms with Crippen LogP contribution in [0.5, 0.6) is 0 Å². The van der Waals surface area contributed by atoms with Crippen LogP contribution in [0.15, 0.2) is 212 Å². The number of benzene rings is 22. The van der Waals surface area contributed by atoms with Gasteiger partial charge in [-0.25, -0.2) is 0 Å². The minimum atomic E-state index is -0.741. The molecule has 19 aliphatic carbocycles. The van der Waals surface area contributed by atoms with Gasteiger partial charge in [0.1, 0.15) is 0 Å². The molecule has 0 N–H and O–H groups in total. The van der Waals surface area contributed by atoms with Crippen molar-refractivity contribution < 1.29 is 39.0 Å². The molecule has 0 heterocycles. The Labute approximate surface area is 796 Å². The van der Waals surface area contributed by atoms with Gasteiger partial charge in [-0.1, -0.05) is 281 Å². The largest absolute Gasteiger partial charge is 1.00 e. The quantitative estimate of drug-likeness (QED) is 0.0646. The zero-order chi connectivity index (χ0) is 85.3. The van der Waals surface area contributed by atoms with Crippen LogP contribution in [0.25, 0.3) is 205 Å². The van der Waals surface area contributed by atoms with E-state index in [4.69, 9.17) is 0 Å². The SMILES string of the molecule is Cc1c(C)c(C)[c-](C)c1C.Cc1c(C)c(C)[c-](C)c1C.Cc1ccc(C23c4c5c6c7c8c4c4c2c2c9c%10c4c4c%11c%12c%13c(c84)[C@]7(c4ccccc4)c4c7c8c%14c4c=%13c4c%13c%15c%16c%17c%18c%19c%20c(c9c9c%21c2c2c%22c%23c(c-5c(c5c%23c%23c(c(c%14%13)c%13c%15c%18c%14c%13c%23c%22c%21c%14c%199)C58c5ccccc5)[C@]67c5ccccc5)[C@@H]23)C%10(c2ccccc2)C%11=C(C=%12[C@@]4%16c2ccccc2)[C@]%20%17c2ccccc2)cc1.[Ru+].[Ru+]. The zero-order valence-corrected chi connectivity index (χ0v) is 78.9. The van der Waals surface area contributed by atoms with E-state index in [9.17, 15) is 0 Å². The molecule has 27 aromatic carbocycles. The third-order valence-electron chi connectivity index (χ3n) is 43.5. The smallest absolute Gasteiger partial charge is 0.196 e. The van der Waals surface area contributed by atoms with Crippen molar-refractivity contribution in [3.63, 3.8) is 0 Å². The standard InChI is InChI=1S/C113H38.2C10H15.2Ru/c1-36-32-34-43(35-33-36)107-86-61-55-47-44-45-46-48-50(47)63-73-58(55)65(86)84-85-92(107)80-77-67-60-68-81(80)98-104(85)113(42-30-18-7-19-31-42)99(84)95(73)108(37-20-8-2-9-21-37)87(63)62-51(48)56-53(46)71-70-52(45)54-49(44)57(61)64(88(77)107)76-72(54)94-97(70)112(41-28-16-6-17-29-41)96(71)93-69(56)66-59(62)74-82-78-79(91(68)111(98,40-26-14-5-15-27-40)103(82)106(113)100(74)108)83-75(60)101(109(94,90(67)76)38-22-10-3-11-23-38)105(112)102(83)110(93,89(66)78)39-24-12-4-13-25-39;2*1-6-7(2)9(4)10(5)8(6)3;;/h2-35,86H,1H3;2*1-5H3;;/q;2*-1;2*+1/t86-,107?,108?,109?,110+,111+,112+,113-;;;;/m1..../s1. The molecule has 0 amide bonds. The summed E-state index contributed by atoms with van der Waals surface area (Å²) in [5, 5.41) is 59.8. The molecule has 0 spiro atoms. The van der Waals surface area contributed by atoms with Crippen LogP contribution in [0.3, 0.4) is 0 Å². The molecular weight excluding hydrogens is 1800 g/mol. The fourth-order valence-electron chi connectivity index (χ4n) is 40.0. The molecule has 19 aliphatic rings. The molecule has 135 heavy (non-hydrogen) atoms. The van der Waals surface area contributed by atoms with Crippen LogP contribution in [0, 0.1) is 86.6 Å². The van der Waals surface area contributed by atoms with Crippen LogP contribution < -0.4 is 5.22 Å². The van der Waals surface area contributed by atoms with E-state index >= 15 is 0 Å². The van der Waals surface area contributed by atoms with Crippen molar-refractivity contribution in [2.45, 2.75) is 120 Å². The molecule has 2 radical (unpaired) electrons. The first-order valence-electron chi connectivity index (χ1n) is 49.4. The van der Waals surface area contributed by atoms with Gasteiger partial charge in [0.05, 0.1) is 37.9 Å². The van der Waals surface area contributed by atoms with Gasteiger partial charge in [0.15, 0.2) is 0 Å². The Morgan fingerprint density at radius 3 is 0.941 bits per heavy atom. The van der Waals surface area contributed by atoms with Gasteiger partial charge in [-0.3, -0.25) is 0 Å². The summed E-state index contributed by atoms with van der Waals surface area (Å²) < 4.78 is 0. The minimum absolute atomic E-state index is 0. The van der Waals surface area contributed by atoms with E-state index in [1.807, 2.05) is 0 Å². The van der Waals surface area contributed by atoms with Gasteiger partial charge < -0.3 is 0 Å². The summed E-state index contributed by atoms with van der Waals surface area (Å²) in [6.07, 6.45) is 0. The van der Waals surface area contributed by atoms with Crippen LogP contribution in [-0.2, 0) is 76.9 Å². The van der Waals surface area contributed by atoms with E-state index in [0.717, 1.165) is 0 Å². The van der Waals surface area contributed by atoms with Crippen molar-refractivity contribution >= 4 is 194 Å². The Hall–Kier alpha value is -13.6. The van der Waals surface area contributed by atoms with E-state index in [0.29, 0.717) is 0 Å². The summed E-state index contributed by atoms with van der Waals surface area (Å²) in [5.74, 6) is 0.00751. The van der Waals surface area contributed by atoms with Gasteiger partial charge in [-0.05, 0) is 384 Å². The predicted molar refractivity (Wildman–Crippen MR) is 544 cm³/mol. The maximum Gasteiger partial charge on any atom is 1.00 e. The Balaban J connectivity index is 0.000000300. The van der Waals surface area contributed by atoms with Crippen molar-refractivity contribution in [3.8, 4) is 11.1 Å². The van der Waals surface area contributed by atoms with E-state index in [1.54, 1.807) is 338 Å². The Kier molecular flexibility index (Phi) is 9.22. The van der Waals surface area contributed by atoms with E-state index < -0.39 is 37.9 Å². The molecule has 46 rings (SSSR count). The molecular formula is C133H68Ru2. The van der Waals surface area contributed by atoms with Gasteiger partial charge in [-0.15, -0.1) is 0 Å². The number of hydrogen-bond acceptors (Lipinski definition) is 0. The van der Waals surface area contributed by atoms with Crippen molar-refractivity contribution in [2.75, 3.05) is 0 Å². The maximum absolute atomic E-state index is 2.73. The molecule has 0 saturated carbocycles. The topological polar surface area (TPSA) is 0 Å². The van der Waals surface area contributed by atoms with Crippen LogP contribution in [0.1, 0.15) is 217 Å². The van der Waals surface area contributed by atoms with Crippen molar-refractivity contribution in [2.24, 2.45) is 0 Å². The Bertz CT molecular complexity index is 11400. The zero-order valence-electron chi connectivity index (χ0n) is 75.4. The van der Waals surface area contributed by atoms with Crippen LogP contribution in [0.2, 0.25) is 0 Å². The van der Waals surface area contributed by atoms with E-state index in [2.05, 4.69) is 282 Å². The van der Waals surface area contributed by atoms with E-state index in [-0.39, 0.29) is 44.9 Å². The monoisotopic (exact) mass is 1870 g/mol. The molecule has 3 unspecified atom stereocenters. The fourth-order valence-corrected chi connectivity index (χ4v) is 40.0. The van der Waals surface area contributed by atoms with Gasteiger partial charge in [0, 0.05) is 5.92 Å². The number of rotatable bonds is 7. The predicted octanol–water partition coefficient (Wildman–Crippen LogP) is 29.9. The normalized spacial score (nSPS) is 24.1. The van der Waals surface area contributed by atoms with Crippen LogP contribution in [-0.4, -0.2) is 0 Å². The first-order chi connectivity index (χ1) is 65.3. The first kappa shape index (κ1) is 67.6. The van der Waals surface area contributed by atoms with Crippen molar-refractivity contribution in [1.82, 2.24) is 0 Å². The summed E-state index contributed by atoms with van der Waals surface area (Å²) in [6.45, 7) is 24.4. The van der Waals surface area contributed by atoms with Crippen LogP contribution in [0.4, 0.5) is 0 Å². The van der Waals surface area contributed by atoms with E-state index in [1.165, 1.54) is 100 Å². The second-order valence-corrected chi connectivity index (χ2v) is 45.4. The first-order valence-corrected chi connectivity index (χ1v) is 49.4. The van der Waals surface area contributed by atoms with Crippen molar-refractivity contribution in [3.05, 3.63) is 439 Å². The Morgan fingerprint density at radius 1 is 0.185 bits per heavy atom. The Morgan fingerprint density at radius 2 is 0.467 bits per heavy atom. The molecule has 0 nitrogen and oxygen atoms in total. The summed E-state index contributed by atoms with van der Waals surface area (Å²) in [7, 11) is 0. The number of allylic oxidation sites excluding steroid dienone is 2. The van der Waals surface area contributed by atoms with Gasteiger partial charge in [0.2, 0.25) is 0 Å². The third-order valence-corrected chi connectivity index (χ3v) is 43.5. The fraction of sp³-hybridized carbons (Fsp3) is 0.143. The maximum atomic E-state index is 2.73. The average Bonchev–Trinajstić information content (AvgIpc) is 1.37. The second kappa shape index (κ2) is 18.4. The molecule has 0 saturated heterocycles. The van der Waals surface area contributed by atoms with Gasteiger partial charge in [-0.2, -0.15) is 55.6 Å². The summed E-state index contributed by atoms with van der Waals surface area (Å²) in [5.41, 5.74) is 62.7. The molecule has 27 aromatic rings. The van der Waals surface area contributed by atoms with Crippen molar-refractivity contribution in [1.29, 1.82) is 0 Å². The molecule has 0 aromatic heterocycles.